The molecule has 44 heavy (non-hydrogen) atoms. The summed E-state index contributed by atoms with van der Waals surface area (Å²) in [6.45, 7) is 8.81. The molecule has 0 aromatic heterocycles. The summed E-state index contributed by atoms with van der Waals surface area (Å²) in [6.07, 6.45) is 5.80. The van der Waals surface area contributed by atoms with E-state index >= 15 is 0 Å². The fourth-order valence-corrected chi connectivity index (χ4v) is 10.4. The lowest BCUT2D eigenvalue weighted by Gasteiger charge is -2.62. The molecule has 1 aliphatic heterocycles. The maximum Gasteiger partial charge on any atom is 0.306 e. The van der Waals surface area contributed by atoms with E-state index in [4.69, 9.17) is 9.57 Å². The third kappa shape index (κ3) is 6.33. The molecule has 6 fully saturated rings. The summed E-state index contributed by atoms with van der Waals surface area (Å²) in [4.78, 5) is 34.7. The van der Waals surface area contributed by atoms with Crippen molar-refractivity contribution in [3.8, 4) is 0 Å². The number of hydroxylamine groups is 2. The van der Waals surface area contributed by atoms with Gasteiger partial charge in [0, 0.05) is 37.6 Å². The van der Waals surface area contributed by atoms with E-state index in [1.807, 2.05) is 14.1 Å². The molecule has 5 saturated carbocycles. The summed E-state index contributed by atoms with van der Waals surface area (Å²) >= 11 is 0. The van der Waals surface area contributed by atoms with Crippen molar-refractivity contribution in [2.24, 2.45) is 52.8 Å². The zero-order valence-electron chi connectivity index (χ0n) is 28.0. The lowest BCUT2D eigenvalue weighted by Crippen LogP contribution is -2.62. The van der Waals surface area contributed by atoms with Crippen molar-refractivity contribution in [1.29, 1.82) is 0 Å². The second-order valence-corrected chi connectivity index (χ2v) is 15.9. The number of carboxylic acid groups (broad SMARTS) is 1. The average molecular weight is 622 g/mol. The van der Waals surface area contributed by atoms with Crippen LogP contribution in [0.3, 0.4) is 0 Å². The molecule has 4 N–H and O–H groups in total. The molecule has 10 heteroatoms. The Morgan fingerprint density at radius 3 is 2.43 bits per heavy atom. The standard InChI is InChI=1S/C34H59N3O7/c1-18-26-14-23(34(26,3)4)15-27(18)35-32(40)30-29(19(2)39)28(17-38)44-37(30)16-20-9-8-10-25(31(20)43-7)21-11-22(33(41)42)13-24(12-21)36(5)6/h18-31,38-39H,8-17H2,1-7H3,(H,35,40)(H,41,42)/t18-,19-,20?,21?,22?,23+,24?,25?,26-,27-,28-,29-,30-,31?/m0/s1. The molecule has 10 nitrogen and oxygen atoms in total. The summed E-state index contributed by atoms with van der Waals surface area (Å²) in [5.74, 6) is 0.355. The van der Waals surface area contributed by atoms with Crippen LogP contribution in [0.25, 0.3) is 0 Å². The lowest BCUT2D eigenvalue weighted by atomic mass is 9.45. The highest BCUT2D eigenvalue weighted by Gasteiger charge is 2.58. The van der Waals surface area contributed by atoms with Crippen LogP contribution < -0.4 is 5.32 Å². The smallest absolute Gasteiger partial charge is 0.306 e. The first kappa shape index (κ1) is 34.0. The molecule has 0 radical (unpaired) electrons. The van der Waals surface area contributed by atoms with Crippen LogP contribution in [0.5, 0.6) is 0 Å². The minimum absolute atomic E-state index is 0.0752. The fourth-order valence-electron chi connectivity index (χ4n) is 10.4. The molecule has 6 aliphatic rings. The number of carboxylic acids is 1. The summed E-state index contributed by atoms with van der Waals surface area (Å²) < 4.78 is 6.22. The average Bonchev–Trinajstić information content (AvgIpc) is 3.36. The molecule has 6 rings (SSSR count). The van der Waals surface area contributed by atoms with Crippen LogP contribution in [0.2, 0.25) is 0 Å². The quantitative estimate of drug-likeness (QED) is 0.291. The van der Waals surface area contributed by atoms with Crippen molar-refractivity contribution in [1.82, 2.24) is 15.3 Å². The van der Waals surface area contributed by atoms with Crippen LogP contribution in [0.4, 0.5) is 0 Å². The van der Waals surface area contributed by atoms with Gasteiger partial charge < -0.3 is 30.3 Å². The molecule has 252 valence electrons. The number of aliphatic hydroxyl groups excluding tert-OH is 2. The van der Waals surface area contributed by atoms with E-state index in [9.17, 15) is 24.9 Å². The van der Waals surface area contributed by atoms with Gasteiger partial charge in [-0.15, -0.1) is 0 Å². The van der Waals surface area contributed by atoms with E-state index in [1.54, 1.807) is 19.1 Å². The number of amides is 1. The summed E-state index contributed by atoms with van der Waals surface area (Å²) in [7, 11) is 5.82. The molecular weight excluding hydrogens is 562 g/mol. The normalized spacial score (nSPS) is 44.6. The number of aliphatic carboxylic acids is 1. The molecule has 6 unspecified atom stereocenters. The molecule has 0 spiro atoms. The largest absolute Gasteiger partial charge is 0.481 e. The second kappa shape index (κ2) is 13.4. The summed E-state index contributed by atoms with van der Waals surface area (Å²) in [6, 6.07) is -0.404. The van der Waals surface area contributed by atoms with E-state index < -0.39 is 30.1 Å². The van der Waals surface area contributed by atoms with Gasteiger partial charge in [0.25, 0.3) is 0 Å². The van der Waals surface area contributed by atoms with E-state index in [-0.39, 0.29) is 54.4 Å². The highest BCUT2D eigenvalue weighted by Crippen LogP contribution is 2.61. The van der Waals surface area contributed by atoms with Gasteiger partial charge in [-0.2, -0.15) is 5.06 Å². The van der Waals surface area contributed by atoms with Gasteiger partial charge in [-0.3, -0.25) is 14.4 Å². The maximum atomic E-state index is 14.1. The second-order valence-electron chi connectivity index (χ2n) is 15.9. The zero-order valence-corrected chi connectivity index (χ0v) is 28.0. The van der Waals surface area contributed by atoms with Crippen molar-refractivity contribution >= 4 is 11.9 Å². The summed E-state index contributed by atoms with van der Waals surface area (Å²) in [5, 5.41) is 36.2. The van der Waals surface area contributed by atoms with Crippen LogP contribution >= 0.6 is 0 Å². The number of hydrogen-bond donors (Lipinski definition) is 4. The van der Waals surface area contributed by atoms with E-state index in [1.165, 1.54) is 6.42 Å². The highest BCUT2D eigenvalue weighted by atomic mass is 16.7. The first-order chi connectivity index (χ1) is 20.8. The first-order valence-corrected chi connectivity index (χ1v) is 17.2. The van der Waals surface area contributed by atoms with Crippen molar-refractivity contribution in [3.05, 3.63) is 0 Å². The minimum Gasteiger partial charge on any atom is -0.481 e. The lowest BCUT2D eigenvalue weighted by molar-refractivity contribution is -0.193. The van der Waals surface area contributed by atoms with E-state index in [0.717, 1.165) is 32.1 Å². The molecule has 5 aliphatic carbocycles. The molecule has 2 bridgehead atoms. The number of rotatable bonds is 10. The van der Waals surface area contributed by atoms with Gasteiger partial charge in [-0.05, 0) is 101 Å². The number of hydrogen-bond acceptors (Lipinski definition) is 8. The Morgan fingerprint density at radius 2 is 1.86 bits per heavy atom. The van der Waals surface area contributed by atoms with Gasteiger partial charge in [0.05, 0.1) is 24.7 Å². The van der Waals surface area contributed by atoms with Crippen LogP contribution in [0.15, 0.2) is 0 Å². The third-order valence-corrected chi connectivity index (χ3v) is 13.2. The Balaban J connectivity index is 1.33. The number of carbonyl (C=O) groups excluding carboxylic acids is 1. The maximum absolute atomic E-state index is 14.1. The third-order valence-electron chi connectivity index (χ3n) is 13.2. The fraction of sp³-hybridized carbons (Fsp3) is 0.941. The van der Waals surface area contributed by atoms with Crippen LogP contribution in [-0.4, -0.2) is 108 Å². The van der Waals surface area contributed by atoms with E-state index in [2.05, 4.69) is 31.0 Å². The Hall–Kier alpha value is -1.30. The number of methoxy groups -OCH3 is 1. The van der Waals surface area contributed by atoms with Gasteiger partial charge in [-0.25, -0.2) is 0 Å². The van der Waals surface area contributed by atoms with Gasteiger partial charge in [0.2, 0.25) is 5.91 Å². The molecule has 1 amide bonds. The highest BCUT2D eigenvalue weighted by molar-refractivity contribution is 5.82. The van der Waals surface area contributed by atoms with Crippen LogP contribution in [0.1, 0.15) is 79.1 Å². The van der Waals surface area contributed by atoms with Crippen molar-refractivity contribution < 1.29 is 34.5 Å². The monoisotopic (exact) mass is 621 g/mol. The number of nitrogens with one attached hydrogen (secondary N) is 1. The predicted molar refractivity (Wildman–Crippen MR) is 166 cm³/mol. The Kier molecular flexibility index (Phi) is 10.4. The Labute approximate surface area is 264 Å². The summed E-state index contributed by atoms with van der Waals surface area (Å²) in [5.41, 5.74) is 0.315. The molecule has 14 atom stereocenters. The zero-order chi connectivity index (χ0) is 32.1. The molecule has 1 heterocycles. The van der Waals surface area contributed by atoms with Crippen molar-refractivity contribution in [2.45, 2.75) is 115 Å². The van der Waals surface area contributed by atoms with Crippen molar-refractivity contribution in [2.75, 3.05) is 34.4 Å². The topological polar surface area (TPSA) is 132 Å². The molecular formula is C34H59N3O7. The number of fused-ring (bicyclic) bond motifs is 2. The number of ether oxygens (including phenoxy) is 1. The molecule has 0 aromatic carbocycles. The van der Waals surface area contributed by atoms with E-state index in [0.29, 0.717) is 42.6 Å². The predicted octanol–water partition coefficient (Wildman–Crippen LogP) is 3.01. The Morgan fingerprint density at radius 1 is 1.14 bits per heavy atom. The Bertz CT molecular complexity index is 1020. The van der Waals surface area contributed by atoms with Gasteiger partial charge in [0.1, 0.15) is 12.1 Å². The minimum atomic E-state index is -0.834. The van der Waals surface area contributed by atoms with Gasteiger partial charge in [0.15, 0.2) is 0 Å². The number of aliphatic hydroxyl groups is 2. The van der Waals surface area contributed by atoms with Gasteiger partial charge >= 0.3 is 5.97 Å². The van der Waals surface area contributed by atoms with Crippen LogP contribution in [0, 0.1) is 52.8 Å². The van der Waals surface area contributed by atoms with Crippen LogP contribution in [-0.2, 0) is 19.2 Å². The van der Waals surface area contributed by atoms with Crippen molar-refractivity contribution in [3.63, 3.8) is 0 Å². The SMILES string of the molecule is COC1C(CN2O[C@@H](CO)[C@H]([C@H](C)O)[C@H]2C(=O)N[C@H]2C[C@H]3C[C@@H]([C@@H]2C)C3(C)C)CCCC1C1CC(C(=O)O)CC(N(C)C)C1. The number of nitrogens with zero attached hydrogens (tertiary/aromatic N) is 2. The first-order valence-electron chi connectivity index (χ1n) is 17.2. The molecule has 1 saturated heterocycles. The molecule has 0 aromatic rings. The van der Waals surface area contributed by atoms with Gasteiger partial charge in [-0.1, -0.05) is 27.2 Å². The number of carbonyl (C=O) groups is 2.